The molecule has 23 heavy (non-hydrogen) atoms. The molecule has 4 rings (SSSR count). The molecule has 0 spiro atoms. The van der Waals surface area contributed by atoms with Gasteiger partial charge in [0.2, 0.25) is 0 Å². The highest BCUT2D eigenvalue weighted by molar-refractivity contribution is 8.13. The lowest BCUT2D eigenvalue weighted by molar-refractivity contribution is -0.0861. The van der Waals surface area contributed by atoms with Gasteiger partial charge in [0.15, 0.2) is 5.17 Å². The molecule has 1 saturated heterocycles. The second-order valence-corrected chi connectivity index (χ2v) is 8.24. The Labute approximate surface area is 138 Å². The van der Waals surface area contributed by atoms with Crippen molar-refractivity contribution in [1.82, 2.24) is 0 Å². The van der Waals surface area contributed by atoms with Crippen LogP contribution in [0.25, 0.3) is 0 Å². The molecular weight excluding hydrogens is 318 g/mol. The summed E-state index contributed by atoms with van der Waals surface area (Å²) in [6.45, 7) is 2.55. The molecular formula is C17H20F2N2OS. The van der Waals surface area contributed by atoms with E-state index in [0.717, 1.165) is 18.2 Å². The average Bonchev–Trinajstić information content (AvgIpc) is 3.25. The number of aliphatic imine (C=N–C) groups is 1. The van der Waals surface area contributed by atoms with Crippen LogP contribution in [0.2, 0.25) is 0 Å². The van der Waals surface area contributed by atoms with E-state index in [1.165, 1.54) is 36.7 Å². The van der Waals surface area contributed by atoms with E-state index in [1.807, 2.05) is 0 Å². The van der Waals surface area contributed by atoms with Crippen LogP contribution in [0.1, 0.15) is 31.7 Å². The van der Waals surface area contributed by atoms with Crippen molar-refractivity contribution < 1.29 is 13.5 Å². The third-order valence-corrected chi connectivity index (χ3v) is 6.59. The number of hydrogen-bond donors (Lipinski definition) is 1. The van der Waals surface area contributed by atoms with Gasteiger partial charge in [-0.25, -0.2) is 13.8 Å². The Hall–Kier alpha value is -1.14. The van der Waals surface area contributed by atoms with Crippen molar-refractivity contribution in [3.05, 3.63) is 35.4 Å². The zero-order valence-corrected chi connectivity index (χ0v) is 13.8. The van der Waals surface area contributed by atoms with Crippen molar-refractivity contribution in [3.63, 3.8) is 0 Å². The predicted octanol–water partition coefficient (Wildman–Crippen LogP) is 3.43. The Balaban J connectivity index is 1.74. The van der Waals surface area contributed by atoms with Gasteiger partial charge < -0.3 is 10.5 Å². The fourth-order valence-electron chi connectivity index (χ4n) is 3.81. The minimum atomic E-state index is -0.825. The Kier molecular flexibility index (Phi) is 3.47. The number of nitrogens with zero attached hydrogens (tertiary/aromatic N) is 1. The second-order valence-electron chi connectivity index (χ2n) is 7.20. The van der Waals surface area contributed by atoms with Crippen LogP contribution in [0, 0.1) is 23.0 Å². The van der Waals surface area contributed by atoms with Gasteiger partial charge >= 0.3 is 0 Å². The van der Waals surface area contributed by atoms with E-state index in [-0.39, 0.29) is 17.4 Å². The molecule has 2 N–H and O–H groups in total. The van der Waals surface area contributed by atoms with Gasteiger partial charge in [0.05, 0.1) is 12.7 Å². The molecule has 1 saturated carbocycles. The zero-order valence-electron chi connectivity index (χ0n) is 13.0. The van der Waals surface area contributed by atoms with E-state index in [1.54, 1.807) is 0 Å². The summed E-state index contributed by atoms with van der Waals surface area (Å²) in [5.41, 5.74) is 5.76. The largest absolute Gasteiger partial charge is 0.379 e. The molecule has 2 heterocycles. The lowest BCUT2D eigenvalue weighted by Crippen LogP contribution is -2.51. The molecule has 3 aliphatic rings. The molecule has 1 aliphatic carbocycles. The minimum Gasteiger partial charge on any atom is -0.379 e. The number of amidine groups is 1. The highest BCUT2D eigenvalue weighted by Gasteiger charge is 2.55. The fraction of sp³-hybridized carbons (Fsp3) is 0.588. The van der Waals surface area contributed by atoms with Crippen LogP contribution in [0.3, 0.4) is 0 Å². The molecule has 2 fully saturated rings. The van der Waals surface area contributed by atoms with Crippen LogP contribution in [0.5, 0.6) is 0 Å². The van der Waals surface area contributed by atoms with Gasteiger partial charge in [-0.1, -0.05) is 24.8 Å². The molecule has 0 unspecified atom stereocenters. The van der Waals surface area contributed by atoms with E-state index >= 15 is 0 Å². The number of benzene rings is 1. The molecule has 0 bridgehead atoms. The Bertz CT molecular complexity index is 677. The first-order chi connectivity index (χ1) is 10.9. The minimum absolute atomic E-state index is 0.149. The fourth-order valence-corrected chi connectivity index (χ4v) is 4.83. The van der Waals surface area contributed by atoms with Gasteiger partial charge in [-0.15, -0.1) is 0 Å². The van der Waals surface area contributed by atoms with Gasteiger partial charge in [0, 0.05) is 23.3 Å². The highest BCUT2D eigenvalue weighted by Crippen LogP contribution is 2.56. The van der Waals surface area contributed by atoms with Crippen LogP contribution in [0.15, 0.2) is 23.2 Å². The summed E-state index contributed by atoms with van der Waals surface area (Å²) in [7, 11) is 0. The Morgan fingerprint density at radius 2 is 2.13 bits per heavy atom. The predicted molar refractivity (Wildman–Crippen MR) is 87.3 cm³/mol. The summed E-state index contributed by atoms with van der Waals surface area (Å²) in [5, 5.41) is 0.449. The first-order valence-electron chi connectivity index (χ1n) is 7.98. The van der Waals surface area contributed by atoms with Crippen molar-refractivity contribution in [3.8, 4) is 0 Å². The molecule has 2 aliphatic heterocycles. The van der Waals surface area contributed by atoms with Crippen molar-refractivity contribution in [2.45, 2.75) is 37.8 Å². The molecule has 3 atom stereocenters. The summed E-state index contributed by atoms with van der Waals surface area (Å²) in [6.07, 6.45) is 3.40. The molecule has 0 radical (unpaired) electrons. The van der Waals surface area contributed by atoms with Crippen LogP contribution in [-0.4, -0.2) is 23.6 Å². The van der Waals surface area contributed by atoms with Gasteiger partial charge in [-0.05, 0) is 30.7 Å². The van der Waals surface area contributed by atoms with Gasteiger partial charge in [0.25, 0.3) is 0 Å². The van der Waals surface area contributed by atoms with Crippen molar-refractivity contribution in [1.29, 1.82) is 0 Å². The Morgan fingerprint density at radius 3 is 2.83 bits per heavy atom. The maximum Gasteiger partial charge on any atom is 0.154 e. The number of ether oxygens (including phenoxy) is 1. The van der Waals surface area contributed by atoms with Gasteiger partial charge in [-0.2, -0.15) is 0 Å². The SMILES string of the molecule is CC1([C@@H]2C[C@@H]3CSC(N)=N[C@]3(c3ccc(F)cc3F)CO2)CC1. The Morgan fingerprint density at radius 1 is 1.35 bits per heavy atom. The highest BCUT2D eigenvalue weighted by atomic mass is 32.2. The monoisotopic (exact) mass is 338 g/mol. The first-order valence-corrected chi connectivity index (χ1v) is 8.97. The standard InChI is InChI=1S/C17H20F2N2OS/c1-16(4-5-16)14-6-10-8-23-15(20)21-17(10,9-22-14)12-3-2-11(18)7-13(12)19/h2-3,7,10,14H,4-6,8-9H2,1H3,(H2,20,21)/t10-,14+,17-/m1/s1. The van der Waals surface area contributed by atoms with Crippen LogP contribution in [-0.2, 0) is 10.3 Å². The van der Waals surface area contributed by atoms with Crippen LogP contribution in [0.4, 0.5) is 8.78 Å². The summed E-state index contributed by atoms with van der Waals surface area (Å²) < 4.78 is 33.9. The summed E-state index contributed by atoms with van der Waals surface area (Å²) >= 11 is 1.51. The van der Waals surface area contributed by atoms with E-state index in [2.05, 4.69) is 11.9 Å². The number of nitrogens with two attached hydrogens (primary N) is 1. The molecule has 124 valence electrons. The lowest BCUT2D eigenvalue weighted by atomic mass is 9.73. The number of fused-ring (bicyclic) bond motifs is 1. The van der Waals surface area contributed by atoms with E-state index in [0.29, 0.717) is 17.3 Å². The number of thioether (sulfide) groups is 1. The topological polar surface area (TPSA) is 47.6 Å². The maximum absolute atomic E-state index is 14.5. The van der Waals surface area contributed by atoms with Crippen LogP contribution >= 0.6 is 11.8 Å². The maximum atomic E-state index is 14.5. The number of halogens is 2. The third-order valence-electron chi connectivity index (χ3n) is 5.63. The van der Waals surface area contributed by atoms with Crippen molar-refractivity contribution in [2.75, 3.05) is 12.4 Å². The van der Waals surface area contributed by atoms with Crippen molar-refractivity contribution >= 4 is 16.9 Å². The quantitative estimate of drug-likeness (QED) is 0.899. The molecule has 6 heteroatoms. The summed E-state index contributed by atoms with van der Waals surface area (Å²) in [4.78, 5) is 4.60. The number of rotatable bonds is 2. The van der Waals surface area contributed by atoms with E-state index in [9.17, 15) is 8.78 Å². The summed E-state index contributed by atoms with van der Waals surface area (Å²) in [5.74, 6) is -0.210. The van der Waals surface area contributed by atoms with Gasteiger partial charge in [0.1, 0.15) is 17.2 Å². The summed E-state index contributed by atoms with van der Waals surface area (Å²) in [6, 6.07) is 3.70. The number of hydrogen-bond acceptors (Lipinski definition) is 4. The molecule has 1 aromatic rings. The molecule has 1 aromatic carbocycles. The molecule has 3 nitrogen and oxygen atoms in total. The first kappa shape index (κ1) is 15.4. The van der Waals surface area contributed by atoms with E-state index < -0.39 is 17.2 Å². The third kappa shape index (κ3) is 2.47. The zero-order chi connectivity index (χ0) is 16.2. The molecule has 0 aromatic heterocycles. The normalized spacial score (nSPS) is 35.3. The second kappa shape index (κ2) is 5.18. The van der Waals surface area contributed by atoms with Crippen molar-refractivity contribution in [2.24, 2.45) is 22.1 Å². The average molecular weight is 338 g/mol. The van der Waals surface area contributed by atoms with E-state index in [4.69, 9.17) is 10.5 Å². The molecule has 0 amide bonds. The van der Waals surface area contributed by atoms with Crippen LogP contribution < -0.4 is 5.73 Å². The van der Waals surface area contributed by atoms with Gasteiger partial charge in [-0.3, -0.25) is 0 Å². The smallest absolute Gasteiger partial charge is 0.154 e. The lowest BCUT2D eigenvalue weighted by Gasteiger charge is -2.47.